The molecule has 15 heavy (non-hydrogen) atoms. The number of nitrogens with two attached hydrogens (primary N) is 1. The number of unbranched alkanes of at least 4 members (excludes halogenated alkanes) is 1. The van der Waals surface area contributed by atoms with Crippen molar-refractivity contribution in [1.82, 2.24) is 4.98 Å². The van der Waals surface area contributed by atoms with E-state index in [1.165, 1.54) is 19.3 Å². The molecule has 84 valence electrons. The zero-order valence-electron chi connectivity index (χ0n) is 9.82. The molecule has 1 heterocycles. The molecule has 0 aliphatic rings. The quantitative estimate of drug-likeness (QED) is 0.725. The SMILES string of the molecule is CC(C)CCCC[C@H](N)c1ccccn1. The highest BCUT2D eigenvalue weighted by Gasteiger charge is 2.06. The Morgan fingerprint density at radius 1 is 1.20 bits per heavy atom. The van der Waals surface area contributed by atoms with E-state index in [2.05, 4.69) is 18.8 Å². The summed E-state index contributed by atoms with van der Waals surface area (Å²) in [7, 11) is 0. The summed E-state index contributed by atoms with van der Waals surface area (Å²) in [5.74, 6) is 0.802. The van der Waals surface area contributed by atoms with Crippen LogP contribution in [0.1, 0.15) is 51.3 Å². The number of hydrogen-bond acceptors (Lipinski definition) is 2. The van der Waals surface area contributed by atoms with Crippen molar-refractivity contribution in [3.63, 3.8) is 0 Å². The lowest BCUT2D eigenvalue weighted by atomic mass is 10.0. The van der Waals surface area contributed by atoms with E-state index in [9.17, 15) is 0 Å². The fourth-order valence-electron chi connectivity index (χ4n) is 1.66. The number of aromatic nitrogens is 1. The third-order valence-electron chi connectivity index (χ3n) is 2.61. The Balaban J connectivity index is 2.22. The lowest BCUT2D eigenvalue weighted by molar-refractivity contribution is 0.501. The summed E-state index contributed by atoms with van der Waals surface area (Å²) in [4.78, 5) is 4.27. The molecule has 2 heteroatoms. The van der Waals surface area contributed by atoms with E-state index in [0.717, 1.165) is 18.0 Å². The Bertz CT molecular complexity index is 256. The first-order valence-electron chi connectivity index (χ1n) is 5.86. The van der Waals surface area contributed by atoms with Crippen molar-refractivity contribution >= 4 is 0 Å². The van der Waals surface area contributed by atoms with Gasteiger partial charge in [0.1, 0.15) is 0 Å². The van der Waals surface area contributed by atoms with E-state index in [-0.39, 0.29) is 6.04 Å². The van der Waals surface area contributed by atoms with Gasteiger partial charge in [-0.1, -0.05) is 39.2 Å². The van der Waals surface area contributed by atoms with Gasteiger partial charge in [-0.2, -0.15) is 0 Å². The van der Waals surface area contributed by atoms with Crippen LogP contribution >= 0.6 is 0 Å². The summed E-state index contributed by atoms with van der Waals surface area (Å²) in [5.41, 5.74) is 7.07. The monoisotopic (exact) mass is 206 g/mol. The average molecular weight is 206 g/mol. The number of rotatable bonds is 6. The van der Waals surface area contributed by atoms with E-state index < -0.39 is 0 Å². The Hall–Kier alpha value is -0.890. The Morgan fingerprint density at radius 2 is 1.93 bits per heavy atom. The van der Waals surface area contributed by atoms with Gasteiger partial charge < -0.3 is 5.73 Å². The highest BCUT2D eigenvalue weighted by atomic mass is 14.8. The molecule has 1 aromatic rings. The van der Waals surface area contributed by atoms with E-state index in [1.54, 1.807) is 0 Å². The maximum Gasteiger partial charge on any atom is 0.0570 e. The molecule has 0 amide bonds. The molecule has 0 aliphatic heterocycles. The molecule has 2 N–H and O–H groups in total. The topological polar surface area (TPSA) is 38.9 Å². The predicted molar refractivity (Wildman–Crippen MR) is 64.5 cm³/mol. The molecule has 0 radical (unpaired) electrons. The molecular weight excluding hydrogens is 184 g/mol. The van der Waals surface area contributed by atoms with Crippen LogP contribution in [-0.4, -0.2) is 4.98 Å². The fraction of sp³-hybridized carbons (Fsp3) is 0.615. The van der Waals surface area contributed by atoms with Crippen LogP contribution in [0.15, 0.2) is 24.4 Å². The van der Waals surface area contributed by atoms with Crippen molar-refractivity contribution in [3.8, 4) is 0 Å². The smallest absolute Gasteiger partial charge is 0.0570 e. The molecule has 2 nitrogen and oxygen atoms in total. The third-order valence-corrected chi connectivity index (χ3v) is 2.61. The van der Waals surface area contributed by atoms with Crippen molar-refractivity contribution in [3.05, 3.63) is 30.1 Å². The maximum atomic E-state index is 6.05. The van der Waals surface area contributed by atoms with Gasteiger partial charge in [0.25, 0.3) is 0 Å². The summed E-state index contributed by atoms with van der Waals surface area (Å²) in [6.45, 7) is 4.53. The molecule has 1 atom stereocenters. The normalized spacial score (nSPS) is 13.1. The number of hydrogen-bond donors (Lipinski definition) is 1. The standard InChI is InChI=1S/C13H22N2/c1-11(2)7-3-4-8-12(14)13-9-5-6-10-15-13/h5-6,9-12H,3-4,7-8,14H2,1-2H3/t12-/m0/s1. The average Bonchev–Trinajstić information content (AvgIpc) is 2.25. The molecule has 0 spiro atoms. The van der Waals surface area contributed by atoms with Crippen molar-refractivity contribution in [2.45, 2.75) is 45.6 Å². The minimum atomic E-state index is 0.110. The van der Waals surface area contributed by atoms with Gasteiger partial charge in [-0.3, -0.25) is 4.98 Å². The zero-order chi connectivity index (χ0) is 11.1. The molecule has 0 saturated heterocycles. The van der Waals surface area contributed by atoms with Gasteiger partial charge in [0, 0.05) is 12.2 Å². The van der Waals surface area contributed by atoms with Crippen molar-refractivity contribution < 1.29 is 0 Å². The summed E-state index contributed by atoms with van der Waals surface area (Å²) < 4.78 is 0. The Kier molecular flexibility index (Phi) is 5.33. The minimum Gasteiger partial charge on any atom is -0.323 e. The van der Waals surface area contributed by atoms with Crippen molar-refractivity contribution in [2.75, 3.05) is 0 Å². The summed E-state index contributed by atoms with van der Waals surface area (Å²) in [6, 6.07) is 6.04. The molecule has 0 saturated carbocycles. The maximum absolute atomic E-state index is 6.05. The first-order valence-corrected chi connectivity index (χ1v) is 5.86. The van der Waals surface area contributed by atoms with E-state index in [0.29, 0.717) is 0 Å². The molecule has 0 fully saturated rings. The van der Waals surface area contributed by atoms with Crippen LogP contribution in [0.25, 0.3) is 0 Å². The zero-order valence-corrected chi connectivity index (χ0v) is 9.82. The largest absolute Gasteiger partial charge is 0.323 e. The highest BCUT2D eigenvalue weighted by Crippen LogP contribution is 2.16. The van der Waals surface area contributed by atoms with Crippen LogP contribution in [-0.2, 0) is 0 Å². The van der Waals surface area contributed by atoms with Crippen LogP contribution < -0.4 is 5.73 Å². The van der Waals surface area contributed by atoms with Gasteiger partial charge in [0.15, 0.2) is 0 Å². The molecule has 1 aromatic heterocycles. The van der Waals surface area contributed by atoms with Gasteiger partial charge in [-0.05, 0) is 24.5 Å². The van der Waals surface area contributed by atoms with Gasteiger partial charge >= 0.3 is 0 Å². The second-order valence-electron chi connectivity index (χ2n) is 4.54. The van der Waals surface area contributed by atoms with Crippen LogP contribution in [0.2, 0.25) is 0 Å². The first kappa shape index (κ1) is 12.2. The lowest BCUT2D eigenvalue weighted by Crippen LogP contribution is -2.11. The molecule has 0 aliphatic carbocycles. The van der Waals surface area contributed by atoms with Gasteiger partial charge in [0.2, 0.25) is 0 Å². The van der Waals surface area contributed by atoms with Crippen molar-refractivity contribution in [1.29, 1.82) is 0 Å². The molecular formula is C13H22N2. The number of pyridine rings is 1. The van der Waals surface area contributed by atoms with Gasteiger partial charge in [0.05, 0.1) is 5.69 Å². The summed E-state index contributed by atoms with van der Waals surface area (Å²) >= 11 is 0. The molecule has 0 unspecified atom stereocenters. The second-order valence-corrected chi connectivity index (χ2v) is 4.54. The first-order chi connectivity index (χ1) is 7.20. The van der Waals surface area contributed by atoms with Crippen LogP contribution in [0, 0.1) is 5.92 Å². The van der Waals surface area contributed by atoms with Gasteiger partial charge in [-0.15, -0.1) is 0 Å². The lowest BCUT2D eigenvalue weighted by Gasteiger charge is -2.11. The second kappa shape index (κ2) is 6.57. The predicted octanol–water partition coefficient (Wildman–Crippen LogP) is 3.30. The fourth-order valence-corrected chi connectivity index (χ4v) is 1.66. The third kappa shape index (κ3) is 4.93. The van der Waals surface area contributed by atoms with Crippen LogP contribution in [0.3, 0.4) is 0 Å². The summed E-state index contributed by atoms with van der Waals surface area (Å²) in [6.07, 6.45) is 6.64. The molecule has 1 rings (SSSR count). The van der Waals surface area contributed by atoms with Crippen LogP contribution in [0.5, 0.6) is 0 Å². The molecule has 0 bridgehead atoms. The van der Waals surface area contributed by atoms with E-state index in [4.69, 9.17) is 5.73 Å². The van der Waals surface area contributed by atoms with Crippen LogP contribution in [0.4, 0.5) is 0 Å². The Morgan fingerprint density at radius 3 is 2.53 bits per heavy atom. The van der Waals surface area contributed by atoms with E-state index >= 15 is 0 Å². The minimum absolute atomic E-state index is 0.110. The van der Waals surface area contributed by atoms with E-state index in [1.807, 2.05) is 24.4 Å². The van der Waals surface area contributed by atoms with Gasteiger partial charge in [-0.25, -0.2) is 0 Å². The van der Waals surface area contributed by atoms with Crippen molar-refractivity contribution in [2.24, 2.45) is 11.7 Å². The highest BCUT2D eigenvalue weighted by molar-refractivity contribution is 5.07. The Labute approximate surface area is 92.9 Å². The summed E-state index contributed by atoms with van der Waals surface area (Å²) in [5, 5.41) is 0. The number of nitrogens with zero attached hydrogens (tertiary/aromatic N) is 1. The molecule has 0 aromatic carbocycles.